The van der Waals surface area contributed by atoms with Crippen molar-refractivity contribution in [2.45, 2.75) is 19.4 Å². The Morgan fingerprint density at radius 3 is 3.00 bits per heavy atom. The van der Waals surface area contributed by atoms with Crippen LogP contribution in [0, 0.1) is 0 Å². The summed E-state index contributed by atoms with van der Waals surface area (Å²) in [6, 6.07) is 0. The third-order valence-electron chi connectivity index (χ3n) is 1.27. The van der Waals surface area contributed by atoms with Crippen LogP contribution in [0.1, 0.15) is 13.3 Å². The molecule has 1 aliphatic rings. The first-order valence-corrected chi connectivity index (χ1v) is 3.31. The highest BCUT2D eigenvalue weighted by atomic mass is 16.7. The Morgan fingerprint density at radius 1 is 1.90 bits per heavy atom. The van der Waals surface area contributed by atoms with Crippen molar-refractivity contribution < 1.29 is 14.7 Å². The molecule has 0 aliphatic carbocycles. The number of rotatable bonds is 2. The van der Waals surface area contributed by atoms with Gasteiger partial charge in [-0.2, -0.15) is 0 Å². The molecule has 0 radical (unpaired) electrons. The number of hydrogen-bond acceptors (Lipinski definition) is 3. The molecular formula is C6H11NO3. The third-order valence-corrected chi connectivity index (χ3v) is 1.27. The van der Waals surface area contributed by atoms with Crippen LogP contribution in [0.25, 0.3) is 0 Å². The molecule has 0 aromatic carbocycles. The number of hydroxylamine groups is 2. The maximum Gasteiger partial charge on any atom is 0.248 e. The Labute approximate surface area is 59.3 Å². The van der Waals surface area contributed by atoms with E-state index in [1.165, 1.54) is 5.06 Å². The molecule has 0 saturated carbocycles. The summed E-state index contributed by atoms with van der Waals surface area (Å²) in [5.74, 6) is -0.0408. The standard InChI is InChI=1S/C6H11NO3/c1-5(8)4-7-6(9)2-3-10-7/h5,8H,2-4H2,1H3. The minimum Gasteiger partial charge on any atom is -0.391 e. The summed E-state index contributed by atoms with van der Waals surface area (Å²) in [6.07, 6.45) is -0.0748. The number of nitrogens with zero attached hydrogens (tertiary/aromatic N) is 1. The lowest BCUT2D eigenvalue weighted by Crippen LogP contribution is -2.30. The second kappa shape index (κ2) is 2.98. The van der Waals surface area contributed by atoms with E-state index >= 15 is 0 Å². The minimum absolute atomic E-state index is 0.0408. The van der Waals surface area contributed by atoms with Crippen molar-refractivity contribution in [2.75, 3.05) is 13.2 Å². The Balaban J connectivity index is 2.33. The average Bonchev–Trinajstić information content (AvgIpc) is 2.15. The van der Waals surface area contributed by atoms with Gasteiger partial charge in [-0.15, -0.1) is 0 Å². The predicted molar refractivity (Wildman–Crippen MR) is 34.0 cm³/mol. The van der Waals surface area contributed by atoms with Crippen molar-refractivity contribution in [3.8, 4) is 0 Å². The van der Waals surface area contributed by atoms with Gasteiger partial charge in [-0.3, -0.25) is 9.63 Å². The molecule has 1 atom stereocenters. The third kappa shape index (κ3) is 1.68. The molecule has 4 nitrogen and oxygen atoms in total. The van der Waals surface area contributed by atoms with Crippen LogP contribution in [-0.2, 0) is 9.63 Å². The van der Waals surface area contributed by atoms with Crippen molar-refractivity contribution in [1.82, 2.24) is 5.06 Å². The molecule has 0 aromatic heterocycles. The van der Waals surface area contributed by atoms with Gasteiger partial charge in [0.2, 0.25) is 5.91 Å². The maximum absolute atomic E-state index is 10.8. The van der Waals surface area contributed by atoms with Crippen LogP contribution >= 0.6 is 0 Å². The Kier molecular flexibility index (Phi) is 2.24. The van der Waals surface area contributed by atoms with Gasteiger partial charge in [0.05, 0.1) is 25.7 Å². The number of hydrogen-bond donors (Lipinski definition) is 1. The first-order valence-electron chi connectivity index (χ1n) is 3.31. The Hall–Kier alpha value is -0.610. The maximum atomic E-state index is 10.8. The Morgan fingerprint density at radius 2 is 2.60 bits per heavy atom. The first-order chi connectivity index (χ1) is 4.70. The van der Waals surface area contributed by atoms with Crippen LogP contribution in [0.4, 0.5) is 0 Å². The summed E-state index contributed by atoms with van der Waals surface area (Å²) in [4.78, 5) is 15.7. The van der Waals surface area contributed by atoms with E-state index < -0.39 is 6.10 Å². The monoisotopic (exact) mass is 145 g/mol. The number of carbonyl (C=O) groups is 1. The number of aliphatic hydroxyl groups excluding tert-OH is 1. The molecule has 0 spiro atoms. The van der Waals surface area contributed by atoms with Gasteiger partial charge in [-0.25, -0.2) is 5.06 Å². The topological polar surface area (TPSA) is 49.8 Å². The molecule has 1 unspecified atom stereocenters. The van der Waals surface area contributed by atoms with Crippen molar-refractivity contribution >= 4 is 5.91 Å². The smallest absolute Gasteiger partial charge is 0.248 e. The number of aliphatic hydroxyl groups is 1. The summed E-state index contributed by atoms with van der Waals surface area (Å²) in [5, 5.41) is 10.1. The summed E-state index contributed by atoms with van der Waals surface area (Å²) in [7, 11) is 0. The van der Waals surface area contributed by atoms with Gasteiger partial charge in [-0.1, -0.05) is 0 Å². The fraction of sp³-hybridized carbons (Fsp3) is 0.833. The number of β-amino-alcohol motifs (C(OH)–C–C–N with tert-alkyl or cyclic N) is 1. The van der Waals surface area contributed by atoms with Gasteiger partial charge in [-0.05, 0) is 6.92 Å². The van der Waals surface area contributed by atoms with E-state index in [0.717, 1.165) is 0 Å². The molecule has 0 bridgehead atoms. The predicted octanol–water partition coefficient (Wildman–Crippen LogP) is -0.469. The van der Waals surface area contributed by atoms with Crippen LogP contribution in [0.2, 0.25) is 0 Å². The lowest BCUT2D eigenvalue weighted by atomic mass is 10.4. The molecule has 0 aromatic rings. The molecule has 1 saturated heterocycles. The molecule has 1 N–H and O–H groups in total. The fourth-order valence-electron chi connectivity index (χ4n) is 0.834. The van der Waals surface area contributed by atoms with Gasteiger partial charge in [0.1, 0.15) is 0 Å². The second-order valence-electron chi connectivity index (χ2n) is 2.39. The molecule has 1 aliphatic heterocycles. The highest BCUT2D eigenvalue weighted by Crippen LogP contribution is 2.06. The van der Waals surface area contributed by atoms with Crippen molar-refractivity contribution in [3.05, 3.63) is 0 Å². The van der Waals surface area contributed by atoms with E-state index in [9.17, 15) is 4.79 Å². The molecule has 1 heterocycles. The summed E-state index contributed by atoms with van der Waals surface area (Å²) < 4.78 is 0. The van der Waals surface area contributed by atoms with Crippen LogP contribution in [0.3, 0.4) is 0 Å². The average molecular weight is 145 g/mol. The quantitative estimate of drug-likeness (QED) is 0.571. The van der Waals surface area contributed by atoms with Gasteiger partial charge in [0.25, 0.3) is 0 Å². The van der Waals surface area contributed by atoms with E-state index in [1.54, 1.807) is 6.92 Å². The van der Waals surface area contributed by atoms with Crippen molar-refractivity contribution in [3.63, 3.8) is 0 Å². The van der Waals surface area contributed by atoms with E-state index in [1.807, 2.05) is 0 Å². The van der Waals surface area contributed by atoms with E-state index in [4.69, 9.17) is 9.94 Å². The molecule has 58 valence electrons. The van der Waals surface area contributed by atoms with Gasteiger partial charge in [0, 0.05) is 0 Å². The summed E-state index contributed by atoms with van der Waals surface area (Å²) in [5.41, 5.74) is 0. The fourth-order valence-corrected chi connectivity index (χ4v) is 0.834. The van der Waals surface area contributed by atoms with Crippen molar-refractivity contribution in [1.29, 1.82) is 0 Å². The lowest BCUT2D eigenvalue weighted by molar-refractivity contribution is -0.167. The summed E-state index contributed by atoms with van der Waals surface area (Å²) in [6.45, 7) is 2.35. The van der Waals surface area contributed by atoms with E-state index in [-0.39, 0.29) is 12.5 Å². The zero-order chi connectivity index (χ0) is 7.56. The molecule has 10 heavy (non-hydrogen) atoms. The zero-order valence-corrected chi connectivity index (χ0v) is 5.91. The van der Waals surface area contributed by atoms with Crippen molar-refractivity contribution in [2.24, 2.45) is 0 Å². The second-order valence-corrected chi connectivity index (χ2v) is 2.39. The van der Waals surface area contributed by atoms with Gasteiger partial charge in [0.15, 0.2) is 0 Å². The minimum atomic E-state index is -0.512. The largest absolute Gasteiger partial charge is 0.391 e. The summed E-state index contributed by atoms with van der Waals surface area (Å²) >= 11 is 0. The van der Waals surface area contributed by atoms with E-state index in [2.05, 4.69) is 0 Å². The van der Waals surface area contributed by atoms with Crippen LogP contribution < -0.4 is 0 Å². The lowest BCUT2D eigenvalue weighted by Gasteiger charge is -2.14. The SMILES string of the molecule is CC(O)CN1OCCC1=O. The van der Waals surface area contributed by atoms with E-state index in [0.29, 0.717) is 13.0 Å². The number of carbonyl (C=O) groups excluding carboxylic acids is 1. The normalized spacial score (nSPS) is 21.8. The van der Waals surface area contributed by atoms with Gasteiger partial charge < -0.3 is 5.11 Å². The molecule has 1 fully saturated rings. The highest BCUT2D eigenvalue weighted by Gasteiger charge is 2.22. The van der Waals surface area contributed by atoms with Gasteiger partial charge >= 0.3 is 0 Å². The highest BCUT2D eigenvalue weighted by molar-refractivity contribution is 5.76. The van der Waals surface area contributed by atoms with Crippen LogP contribution in [-0.4, -0.2) is 35.3 Å². The van der Waals surface area contributed by atoms with Crippen LogP contribution in [0.5, 0.6) is 0 Å². The Bertz CT molecular complexity index is 135. The van der Waals surface area contributed by atoms with Crippen LogP contribution in [0.15, 0.2) is 0 Å². The molecule has 1 rings (SSSR count). The molecular weight excluding hydrogens is 134 g/mol. The molecule has 1 amide bonds. The zero-order valence-electron chi connectivity index (χ0n) is 5.91. The molecule has 4 heteroatoms. The first kappa shape index (κ1) is 7.50. The number of amides is 1.